The fourth-order valence-electron chi connectivity index (χ4n) is 9.84. The zero-order chi connectivity index (χ0) is 40.7. The lowest BCUT2D eigenvalue weighted by molar-refractivity contribution is 0.651. The number of benzene rings is 10. The third kappa shape index (κ3) is 4.92. The average molecular weight is 843 g/mol. The molecule has 13 aromatic rings. The third-order valence-electron chi connectivity index (χ3n) is 12.5. The number of thiophene rings is 3. The fourth-order valence-corrected chi connectivity index (χ4v) is 13.8. The number of hydrogen-bond donors (Lipinski definition) is 0. The van der Waals surface area contributed by atoms with Crippen molar-refractivity contribution in [3.8, 4) is 31.3 Å². The molecule has 0 N–H and O–H groups in total. The van der Waals surface area contributed by atoms with Gasteiger partial charge in [-0.15, -0.1) is 34.0 Å². The van der Waals surface area contributed by atoms with Crippen LogP contribution in [0, 0.1) is 24.4 Å². The predicted octanol–water partition coefficient (Wildman–Crippen LogP) is 18.0. The van der Waals surface area contributed by atoms with Gasteiger partial charge in [-0.3, -0.25) is 0 Å². The van der Waals surface area contributed by atoms with E-state index >= 15 is 13.2 Å². The maximum atomic E-state index is 16.3. The summed E-state index contributed by atoms with van der Waals surface area (Å²) in [7, 11) is 0. The lowest BCUT2D eigenvalue weighted by Gasteiger charge is -2.12. The van der Waals surface area contributed by atoms with Crippen LogP contribution < -0.4 is 0 Å². The summed E-state index contributed by atoms with van der Waals surface area (Å²) in [6.45, 7) is 2.00. The Hall–Kier alpha value is -6.57. The van der Waals surface area contributed by atoms with Crippen LogP contribution in [0.3, 0.4) is 0 Å². The van der Waals surface area contributed by atoms with Gasteiger partial charge >= 0.3 is 0 Å². The molecule has 10 aromatic carbocycles. The van der Waals surface area contributed by atoms with E-state index in [1.165, 1.54) is 0 Å². The molecule has 0 aliphatic carbocycles. The molecule has 0 spiro atoms. The molecule has 3 heterocycles. The smallest absolute Gasteiger partial charge is 0.138 e. The molecule has 0 amide bonds. The molecule has 0 fully saturated rings. The summed E-state index contributed by atoms with van der Waals surface area (Å²) in [5.74, 6) is -0.621. The van der Waals surface area contributed by atoms with Gasteiger partial charge in [-0.05, 0) is 63.5 Å². The molecule has 6 heteroatoms. The van der Waals surface area contributed by atoms with Gasteiger partial charge in [0.25, 0.3) is 0 Å². The van der Waals surface area contributed by atoms with Crippen LogP contribution in [-0.2, 0) is 0 Å². The van der Waals surface area contributed by atoms with Gasteiger partial charge in [-0.1, -0.05) is 139 Å². The normalized spacial score (nSPS) is 12.3. The molecule has 0 radical (unpaired) electrons. The Kier molecular flexibility index (Phi) is 7.48. The summed E-state index contributed by atoms with van der Waals surface area (Å²) < 4.78 is 52.2. The monoisotopic (exact) mass is 842 g/mol. The number of hydrogen-bond acceptors (Lipinski definition) is 3. The summed E-state index contributed by atoms with van der Waals surface area (Å²) in [5.41, 5.74) is 4.06. The second kappa shape index (κ2) is 13.0. The van der Waals surface area contributed by atoms with Gasteiger partial charge in [0.15, 0.2) is 0 Å². The van der Waals surface area contributed by atoms with Gasteiger partial charge in [0.2, 0.25) is 0 Å². The van der Waals surface area contributed by atoms with Crippen molar-refractivity contribution in [2.75, 3.05) is 0 Å². The Balaban J connectivity index is 1.19. The quantitative estimate of drug-likeness (QED) is 0.155. The highest BCUT2D eigenvalue weighted by molar-refractivity contribution is 7.30. The Morgan fingerprint density at radius 1 is 0.279 bits per heavy atom. The molecule has 3 aromatic heterocycles. The van der Waals surface area contributed by atoms with Crippen molar-refractivity contribution in [2.45, 2.75) is 6.92 Å². The number of aryl methyl sites for hydroxylation is 1. The Bertz CT molecular complexity index is 3740. The van der Waals surface area contributed by atoms with E-state index in [1.807, 2.05) is 134 Å². The van der Waals surface area contributed by atoms with E-state index in [-0.39, 0.29) is 17.5 Å². The first-order valence-electron chi connectivity index (χ1n) is 20.1. The lowest BCUT2D eigenvalue weighted by Crippen LogP contribution is -1.89. The maximum absolute atomic E-state index is 16.3. The first-order chi connectivity index (χ1) is 29.9. The topological polar surface area (TPSA) is 0 Å². The highest BCUT2D eigenvalue weighted by atomic mass is 32.1. The molecular weight excluding hydrogens is 814 g/mol. The van der Waals surface area contributed by atoms with Crippen molar-refractivity contribution >= 4 is 129 Å². The van der Waals surface area contributed by atoms with Crippen LogP contribution in [0.4, 0.5) is 13.2 Å². The zero-order valence-electron chi connectivity index (χ0n) is 32.4. The first kappa shape index (κ1) is 35.2. The standard InChI is InChI=1S/C55H29F3S3/c1-28-22-23-34-40(24-28)52(58)39-21-11-6-16-33(39)49(34)46-27-43-54-41(25-44(60-54)47-29-12-2-7-17-35(29)50(56)36-18-8-3-13-30(36)47)53-42(55(43)61-46)26-45(59-53)48-31-14-4-9-19-37(31)51(57)38-20-10-5-15-32(38)48/h2-27H,1H3. The molecule has 0 unspecified atom stereocenters. The van der Waals surface area contributed by atoms with Gasteiger partial charge in [0, 0.05) is 93.9 Å². The third-order valence-corrected chi connectivity index (χ3v) is 16.1. The van der Waals surface area contributed by atoms with E-state index in [1.54, 1.807) is 34.0 Å². The minimum absolute atomic E-state index is 0.202. The highest BCUT2D eigenvalue weighted by Gasteiger charge is 2.25. The van der Waals surface area contributed by atoms with E-state index in [9.17, 15) is 0 Å². The van der Waals surface area contributed by atoms with Gasteiger partial charge in [-0.2, -0.15) is 0 Å². The van der Waals surface area contributed by atoms with Gasteiger partial charge in [0.1, 0.15) is 17.5 Å². The SMILES string of the molecule is Cc1ccc2c(-c3cc4c5sc(-c6c7ccccc7c(F)c7ccccc67)cc5c5sc(-c6c7ccccc7c(F)c7ccccc67)cc5c4s3)c3ccccc3c(F)c2c1. The molecule has 0 nitrogen and oxygen atoms in total. The molecule has 61 heavy (non-hydrogen) atoms. The molecule has 13 rings (SSSR count). The van der Waals surface area contributed by atoms with E-state index in [0.717, 1.165) is 99.5 Å². The summed E-state index contributed by atoms with van der Waals surface area (Å²) >= 11 is 5.23. The minimum atomic E-state index is -0.209. The second-order valence-electron chi connectivity index (χ2n) is 15.9. The Morgan fingerprint density at radius 2 is 0.541 bits per heavy atom. The van der Waals surface area contributed by atoms with Crippen molar-refractivity contribution in [1.82, 2.24) is 0 Å². The average Bonchev–Trinajstić information content (AvgIpc) is 4.05. The highest BCUT2D eigenvalue weighted by Crippen LogP contribution is 2.54. The molecular formula is C55H29F3S3. The van der Waals surface area contributed by atoms with Crippen LogP contribution in [0.25, 0.3) is 126 Å². The van der Waals surface area contributed by atoms with Gasteiger partial charge in [0.05, 0.1) is 0 Å². The van der Waals surface area contributed by atoms with E-state index in [0.29, 0.717) is 32.3 Å². The van der Waals surface area contributed by atoms with Crippen LogP contribution >= 0.6 is 34.0 Å². The fraction of sp³-hybridized carbons (Fsp3) is 0.0182. The first-order valence-corrected chi connectivity index (χ1v) is 22.6. The molecule has 288 valence electrons. The van der Waals surface area contributed by atoms with Crippen molar-refractivity contribution in [1.29, 1.82) is 0 Å². The number of fused-ring (bicyclic) bond motifs is 12. The number of halogens is 3. The van der Waals surface area contributed by atoms with Crippen LogP contribution in [0.5, 0.6) is 0 Å². The van der Waals surface area contributed by atoms with E-state index in [2.05, 4.69) is 30.3 Å². The molecule has 0 atom stereocenters. The van der Waals surface area contributed by atoms with Crippen molar-refractivity contribution in [2.24, 2.45) is 0 Å². The Morgan fingerprint density at radius 3 is 0.852 bits per heavy atom. The summed E-state index contributed by atoms with van der Waals surface area (Å²) in [6.07, 6.45) is 0. The lowest BCUT2D eigenvalue weighted by atomic mass is 9.94. The summed E-state index contributed by atoms with van der Waals surface area (Å²) in [4.78, 5) is 3.18. The van der Waals surface area contributed by atoms with Crippen LogP contribution in [0.1, 0.15) is 5.56 Å². The van der Waals surface area contributed by atoms with Crippen molar-refractivity contribution < 1.29 is 13.2 Å². The zero-order valence-corrected chi connectivity index (χ0v) is 34.8. The minimum Gasteiger partial charge on any atom is -0.206 e. The van der Waals surface area contributed by atoms with Crippen molar-refractivity contribution in [3.63, 3.8) is 0 Å². The van der Waals surface area contributed by atoms with Gasteiger partial charge < -0.3 is 0 Å². The second-order valence-corrected chi connectivity index (χ2v) is 19.1. The van der Waals surface area contributed by atoms with Crippen LogP contribution in [0.2, 0.25) is 0 Å². The Labute approximate surface area is 359 Å². The molecule has 0 saturated carbocycles. The van der Waals surface area contributed by atoms with E-state index < -0.39 is 0 Å². The summed E-state index contributed by atoms with van der Waals surface area (Å²) in [5, 5.41) is 12.2. The largest absolute Gasteiger partial charge is 0.206 e. The van der Waals surface area contributed by atoms with Crippen LogP contribution in [0.15, 0.2) is 158 Å². The molecule has 0 saturated heterocycles. The van der Waals surface area contributed by atoms with E-state index in [4.69, 9.17) is 0 Å². The summed E-state index contributed by atoms with van der Waals surface area (Å²) in [6, 6.07) is 51.9. The molecule has 0 aliphatic rings. The van der Waals surface area contributed by atoms with Gasteiger partial charge in [-0.25, -0.2) is 13.2 Å². The molecule has 0 bridgehead atoms. The maximum Gasteiger partial charge on any atom is 0.138 e. The van der Waals surface area contributed by atoms with Crippen molar-refractivity contribution in [3.05, 3.63) is 181 Å². The predicted molar refractivity (Wildman–Crippen MR) is 259 cm³/mol. The van der Waals surface area contributed by atoms with Crippen LogP contribution in [-0.4, -0.2) is 0 Å². The molecule has 0 aliphatic heterocycles. The number of rotatable bonds is 3.